The van der Waals surface area contributed by atoms with Gasteiger partial charge in [-0.05, 0) is 19.3 Å². The molecule has 1 aliphatic carbocycles. The molecule has 1 aliphatic rings. The molecule has 0 saturated heterocycles. The molecule has 1 saturated carbocycles. The van der Waals surface area contributed by atoms with Crippen molar-refractivity contribution in [3.8, 4) is 0 Å². The quantitative estimate of drug-likeness (QED) is 0.738. The van der Waals surface area contributed by atoms with Crippen molar-refractivity contribution >= 4 is 103 Å². The molecular weight excluding hydrogens is 214 g/mol. The van der Waals surface area contributed by atoms with Gasteiger partial charge in [-0.15, -0.1) is 0 Å². The summed E-state index contributed by atoms with van der Waals surface area (Å²) in [7, 11) is 0. The second kappa shape index (κ2) is 10.4. The Hall–Kier alpha value is 3.23. The fourth-order valence-corrected chi connectivity index (χ4v) is 1.97. The van der Waals surface area contributed by atoms with E-state index in [1.54, 1.807) is 0 Å². The molecule has 0 spiro atoms. The number of aliphatic hydroxyl groups is 1. The first-order valence-electron chi connectivity index (χ1n) is 4.99. The van der Waals surface area contributed by atoms with Gasteiger partial charge in [-0.2, -0.15) is 0 Å². The van der Waals surface area contributed by atoms with Crippen LogP contribution in [0.25, 0.3) is 0 Å². The summed E-state index contributed by atoms with van der Waals surface area (Å²) in [6, 6.07) is 0. The van der Waals surface area contributed by atoms with Crippen molar-refractivity contribution in [2.45, 2.75) is 63.9 Å². The zero-order valence-corrected chi connectivity index (χ0v) is 7.60. The SMILES string of the molecule is CCCCC1(O)CCCCC1.[KH].[KH]. The predicted octanol–water partition coefficient (Wildman–Crippen LogP) is 1.57. The van der Waals surface area contributed by atoms with Crippen LogP contribution in [0, 0.1) is 0 Å². The Morgan fingerprint density at radius 2 is 1.62 bits per heavy atom. The van der Waals surface area contributed by atoms with E-state index >= 15 is 0 Å². The molecule has 1 nitrogen and oxygen atoms in total. The topological polar surface area (TPSA) is 20.2 Å². The van der Waals surface area contributed by atoms with Crippen LogP contribution in [0.3, 0.4) is 0 Å². The molecular formula is C10H22K2O. The molecule has 0 atom stereocenters. The zero-order valence-electron chi connectivity index (χ0n) is 7.60. The normalized spacial score (nSPS) is 19.8. The number of hydrogen-bond donors (Lipinski definition) is 1. The summed E-state index contributed by atoms with van der Waals surface area (Å²) in [6.45, 7) is 2.19. The molecule has 0 unspecified atom stereocenters. The van der Waals surface area contributed by atoms with Crippen LogP contribution >= 0.6 is 0 Å². The Kier molecular flexibility index (Phi) is 14.9. The van der Waals surface area contributed by atoms with E-state index in [-0.39, 0.29) is 108 Å². The van der Waals surface area contributed by atoms with Crippen LogP contribution in [0.15, 0.2) is 0 Å². The number of unbranched alkanes of at least 4 members (excludes halogenated alkanes) is 1. The molecule has 0 aromatic heterocycles. The van der Waals surface area contributed by atoms with Crippen molar-refractivity contribution in [2.24, 2.45) is 0 Å². The van der Waals surface area contributed by atoms with Crippen molar-refractivity contribution in [1.29, 1.82) is 0 Å². The molecule has 1 rings (SSSR count). The third kappa shape index (κ3) is 8.02. The first-order chi connectivity index (χ1) is 5.27. The number of rotatable bonds is 3. The van der Waals surface area contributed by atoms with Gasteiger partial charge in [0.15, 0.2) is 0 Å². The van der Waals surface area contributed by atoms with Gasteiger partial charge in [-0.25, -0.2) is 0 Å². The van der Waals surface area contributed by atoms with Gasteiger partial charge in [0.25, 0.3) is 0 Å². The summed E-state index contributed by atoms with van der Waals surface area (Å²) >= 11 is 0. The molecule has 0 heterocycles. The van der Waals surface area contributed by atoms with Gasteiger partial charge in [-0.1, -0.05) is 39.0 Å². The average Bonchev–Trinajstić information content (AvgIpc) is 2.03. The molecule has 0 radical (unpaired) electrons. The fraction of sp³-hybridized carbons (Fsp3) is 1.00. The van der Waals surface area contributed by atoms with Gasteiger partial charge in [0.1, 0.15) is 0 Å². The Labute approximate surface area is 168 Å². The standard InChI is InChI=1S/C10H20O.2K.2H/c1-2-3-7-10(11)8-5-4-6-9-10;;;;/h11H,2-9H2,1H3;;;;. The van der Waals surface area contributed by atoms with Crippen LogP contribution in [-0.4, -0.2) is 113 Å². The predicted molar refractivity (Wildman–Crippen MR) is 61.9 cm³/mol. The van der Waals surface area contributed by atoms with Gasteiger partial charge < -0.3 is 5.11 Å². The van der Waals surface area contributed by atoms with Gasteiger partial charge in [-0.3, -0.25) is 0 Å². The summed E-state index contributed by atoms with van der Waals surface area (Å²) in [5.41, 5.74) is -0.270. The van der Waals surface area contributed by atoms with Crippen molar-refractivity contribution < 1.29 is 5.11 Å². The van der Waals surface area contributed by atoms with E-state index in [4.69, 9.17) is 0 Å². The van der Waals surface area contributed by atoms with E-state index in [0.717, 1.165) is 19.3 Å². The molecule has 70 valence electrons. The Morgan fingerprint density at radius 1 is 1.08 bits per heavy atom. The van der Waals surface area contributed by atoms with Gasteiger partial charge in [0.05, 0.1) is 5.60 Å². The molecule has 0 aromatic rings. The Morgan fingerprint density at radius 3 is 2.08 bits per heavy atom. The van der Waals surface area contributed by atoms with E-state index < -0.39 is 0 Å². The summed E-state index contributed by atoms with van der Waals surface area (Å²) in [6.07, 6.45) is 9.33. The average molecular weight is 236 g/mol. The first-order valence-corrected chi connectivity index (χ1v) is 4.99. The van der Waals surface area contributed by atoms with Crippen molar-refractivity contribution in [2.75, 3.05) is 0 Å². The van der Waals surface area contributed by atoms with Crippen molar-refractivity contribution in [3.05, 3.63) is 0 Å². The molecule has 1 fully saturated rings. The third-order valence-corrected chi connectivity index (χ3v) is 2.78. The van der Waals surface area contributed by atoms with Crippen LogP contribution < -0.4 is 0 Å². The minimum atomic E-state index is -0.270. The monoisotopic (exact) mass is 236 g/mol. The summed E-state index contributed by atoms with van der Waals surface area (Å²) in [4.78, 5) is 0. The summed E-state index contributed by atoms with van der Waals surface area (Å²) in [5.74, 6) is 0. The Balaban J connectivity index is 0. The van der Waals surface area contributed by atoms with E-state index in [1.807, 2.05) is 0 Å². The van der Waals surface area contributed by atoms with E-state index in [2.05, 4.69) is 6.92 Å². The van der Waals surface area contributed by atoms with Crippen LogP contribution in [0.5, 0.6) is 0 Å². The summed E-state index contributed by atoms with van der Waals surface area (Å²) in [5, 5.41) is 10.0. The van der Waals surface area contributed by atoms with Gasteiger partial charge >= 0.3 is 103 Å². The van der Waals surface area contributed by atoms with Crippen LogP contribution in [0.2, 0.25) is 0 Å². The molecule has 0 bridgehead atoms. The minimum absolute atomic E-state index is 0. The molecule has 13 heavy (non-hydrogen) atoms. The van der Waals surface area contributed by atoms with Gasteiger partial charge in [0.2, 0.25) is 0 Å². The molecule has 0 amide bonds. The molecule has 0 aromatic carbocycles. The molecule has 0 aliphatic heterocycles. The fourth-order valence-electron chi connectivity index (χ4n) is 1.97. The first kappa shape index (κ1) is 18.6. The zero-order chi connectivity index (χ0) is 8.16. The van der Waals surface area contributed by atoms with Gasteiger partial charge in [0, 0.05) is 0 Å². The van der Waals surface area contributed by atoms with Crippen LogP contribution in [0.4, 0.5) is 0 Å². The third-order valence-electron chi connectivity index (χ3n) is 2.78. The second-order valence-electron chi connectivity index (χ2n) is 3.89. The van der Waals surface area contributed by atoms with E-state index in [1.165, 1.54) is 32.1 Å². The maximum absolute atomic E-state index is 10.0. The summed E-state index contributed by atoms with van der Waals surface area (Å²) < 4.78 is 0. The maximum atomic E-state index is 10.0. The number of hydrogen-bond acceptors (Lipinski definition) is 1. The van der Waals surface area contributed by atoms with Crippen molar-refractivity contribution in [1.82, 2.24) is 0 Å². The van der Waals surface area contributed by atoms with E-state index in [9.17, 15) is 5.11 Å². The molecule has 1 N–H and O–H groups in total. The molecule has 3 heteroatoms. The van der Waals surface area contributed by atoms with Crippen LogP contribution in [-0.2, 0) is 0 Å². The van der Waals surface area contributed by atoms with Crippen molar-refractivity contribution in [3.63, 3.8) is 0 Å². The van der Waals surface area contributed by atoms with E-state index in [0.29, 0.717) is 0 Å². The second-order valence-corrected chi connectivity index (χ2v) is 3.89. The Bertz CT molecular complexity index is 111. The van der Waals surface area contributed by atoms with Crippen LogP contribution in [0.1, 0.15) is 58.3 Å².